The lowest BCUT2D eigenvalue weighted by Crippen LogP contribution is -2.29. The van der Waals surface area contributed by atoms with E-state index in [2.05, 4.69) is 20.4 Å². The van der Waals surface area contributed by atoms with Crippen LogP contribution in [-0.2, 0) is 0 Å². The van der Waals surface area contributed by atoms with Gasteiger partial charge in [0.1, 0.15) is 35.1 Å². The molecule has 1 unspecified atom stereocenters. The first-order valence-corrected chi connectivity index (χ1v) is 9.22. The van der Waals surface area contributed by atoms with E-state index < -0.39 is 23.2 Å². The van der Waals surface area contributed by atoms with Gasteiger partial charge in [-0.1, -0.05) is 11.6 Å². The average Bonchev–Trinajstić information content (AvgIpc) is 3.11. The van der Waals surface area contributed by atoms with E-state index in [1.165, 1.54) is 29.2 Å². The SMILES string of the molecule is CC(Nc1ncnc(N)c1C#N)c1nn2ccc(Cl)c2c(=O)n1-c1ccc(F)c(F)c1. The highest BCUT2D eigenvalue weighted by atomic mass is 35.5. The van der Waals surface area contributed by atoms with Crippen LogP contribution in [0.3, 0.4) is 0 Å². The van der Waals surface area contributed by atoms with Crippen molar-refractivity contribution in [2.45, 2.75) is 13.0 Å². The smallest absolute Gasteiger partial charge is 0.284 e. The Kier molecular flexibility index (Phi) is 5.00. The summed E-state index contributed by atoms with van der Waals surface area (Å²) in [5, 5.41) is 16.9. The number of aromatic nitrogens is 5. The largest absolute Gasteiger partial charge is 0.382 e. The van der Waals surface area contributed by atoms with Gasteiger partial charge in [0.05, 0.1) is 16.8 Å². The van der Waals surface area contributed by atoms with Crippen molar-refractivity contribution in [2.75, 3.05) is 11.1 Å². The number of fused-ring (bicyclic) bond motifs is 1. The monoisotopic (exact) mass is 442 g/mol. The van der Waals surface area contributed by atoms with Crippen LogP contribution in [0.15, 0.2) is 41.6 Å². The molecule has 0 saturated carbocycles. The van der Waals surface area contributed by atoms with Crippen LogP contribution in [0.4, 0.5) is 20.4 Å². The fourth-order valence-electron chi connectivity index (χ4n) is 3.09. The predicted molar refractivity (Wildman–Crippen MR) is 109 cm³/mol. The third-order valence-corrected chi connectivity index (χ3v) is 4.86. The molecule has 4 rings (SSSR count). The summed E-state index contributed by atoms with van der Waals surface area (Å²) in [6.07, 6.45) is 2.67. The van der Waals surface area contributed by atoms with E-state index >= 15 is 0 Å². The highest BCUT2D eigenvalue weighted by Crippen LogP contribution is 2.24. The maximum absolute atomic E-state index is 13.9. The lowest BCUT2D eigenvalue weighted by Gasteiger charge is -2.20. The summed E-state index contributed by atoms with van der Waals surface area (Å²) in [6, 6.07) is 5.70. The van der Waals surface area contributed by atoms with Crippen LogP contribution in [0, 0.1) is 23.0 Å². The molecule has 3 N–H and O–H groups in total. The van der Waals surface area contributed by atoms with Gasteiger partial charge in [0.15, 0.2) is 17.5 Å². The summed E-state index contributed by atoms with van der Waals surface area (Å²) < 4.78 is 29.8. The number of nitrogen functional groups attached to an aromatic ring is 1. The van der Waals surface area contributed by atoms with Crippen molar-refractivity contribution in [3.05, 3.63) is 75.2 Å². The van der Waals surface area contributed by atoms with Crippen LogP contribution in [-0.4, -0.2) is 24.1 Å². The number of nitrogens with zero attached hydrogens (tertiary/aromatic N) is 6. The molecular formula is C19H13ClF2N8O. The Balaban J connectivity index is 1.93. The number of nitriles is 1. The molecule has 4 aromatic rings. The number of anilines is 2. The minimum absolute atomic E-state index is 0.0150. The minimum atomic E-state index is -1.13. The summed E-state index contributed by atoms with van der Waals surface area (Å²) >= 11 is 6.12. The quantitative estimate of drug-likeness (QED) is 0.497. The van der Waals surface area contributed by atoms with Crippen LogP contribution in [0.5, 0.6) is 0 Å². The Morgan fingerprint density at radius 1 is 1.26 bits per heavy atom. The molecule has 0 amide bonds. The fourth-order valence-corrected chi connectivity index (χ4v) is 3.31. The second-order valence-corrected chi connectivity index (χ2v) is 6.92. The van der Waals surface area contributed by atoms with Crippen LogP contribution in [0.2, 0.25) is 5.02 Å². The molecule has 0 aliphatic rings. The van der Waals surface area contributed by atoms with Crippen LogP contribution < -0.4 is 16.6 Å². The number of hydrogen-bond donors (Lipinski definition) is 2. The number of halogens is 3. The van der Waals surface area contributed by atoms with E-state index in [9.17, 15) is 18.8 Å². The van der Waals surface area contributed by atoms with Crippen molar-refractivity contribution >= 4 is 28.8 Å². The number of benzene rings is 1. The second-order valence-electron chi connectivity index (χ2n) is 6.51. The van der Waals surface area contributed by atoms with Crippen molar-refractivity contribution in [1.29, 1.82) is 5.26 Å². The number of nitrogens with two attached hydrogens (primary N) is 1. The van der Waals surface area contributed by atoms with Crippen LogP contribution >= 0.6 is 11.6 Å². The first-order chi connectivity index (χ1) is 14.8. The summed E-state index contributed by atoms with van der Waals surface area (Å²) in [7, 11) is 0. The lowest BCUT2D eigenvalue weighted by molar-refractivity contribution is 0.507. The second kappa shape index (κ2) is 7.66. The Hall–Kier alpha value is -4.04. The van der Waals surface area contributed by atoms with Gasteiger partial charge in [-0.2, -0.15) is 10.4 Å². The highest BCUT2D eigenvalue weighted by molar-refractivity contribution is 6.33. The predicted octanol–water partition coefficient (Wildman–Crippen LogP) is 2.83. The molecule has 156 valence electrons. The summed E-state index contributed by atoms with van der Waals surface area (Å²) in [6.45, 7) is 1.65. The third kappa shape index (κ3) is 3.43. The van der Waals surface area contributed by atoms with Gasteiger partial charge in [-0.3, -0.25) is 9.36 Å². The van der Waals surface area contributed by atoms with Crippen LogP contribution in [0.25, 0.3) is 11.2 Å². The first kappa shape index (κ1) is 20.2. The van der Waals surface area contributed by atoms with E-state index in [1.807, 2.05) is 6.07 Å². The molecule has 3 aromatic heterocycles. The minimum Gasteiger partial charge on any atom is -0.382 e. The topological polar surface area (TPSA) is 127 Å². The van der Waals surface area contributed by atoms with Crippen molar-refractivity contribution < 1.29 is 8.78 Å². The standard InChI is InChI=1S/C19H13ClF2N8O/c1-9(27-17-11(7-23)16(24)25-8-26-17)18-28-29-5-4-12(20)15(29)19(31)30(18)10-2-3-13(21)14(22)6-10/h2-6,8-9H,1H3,(H3,24,25,26,27). The lowest BCUT2D eigenvalue weighted by atomic mass is 10.2. The molecule has 0 aliphatic carbocycles. The molecule has 9 nitrogen and oxygen atoms in total. The normalized spacial score (nSPS) is 12.0. The molecule has 3 heterocycles. The van der Waals surface area contributed by atoms with Gasteiger partial charge in [0.25, 0.3) is 5.56 Å². The molecule has 0 saturated heterocycles. The summed E-state index contributed by atoms with van der Waals surface area (Å²) in [5.74, 6) is -1.97. The Labute approximate surface area is 178 Å². The molecular weight excluding hydrogens is 430 g/mol. The Bertz CT molecular complexity index is 1430. The van der Waals surface area contributed by atoms with E-state index in [1.54, 1.807) is 6.92 Å². The Morgan fingerprint density at radius 2 is 2.03 bits per heavy atom. The van der Waals surface area contributed by atoms with E-state index in [0.29, 0.717) is 0 Å². The zero-order valence-electron chi connectivity index (χ0n) is 15.8. The average molecular weight is 443 g/mol. The molecule has 0 bridgehead atoms. The van der Waals surface area contributed by atoms with E-state index in [0.717, 1.165) is 16.7 Å². The van der Waals surface area contributed by atoms with Gasteiger partial charge in [-0.25, -0.2) is 23.3 Å². The Morgan fingerprint density at radius 3 is 2.74 bits per heavy atom. The number of rotatable bonds is 4. The van der Waals surface area contributed by atoms with Crippen molar-refractivity contribution in [1.82, 2.24) is 24.1 Å². The van der Waals surface area contributed by atoms with Gasteiger partial charge in [0.2, 0.25) is 0 Å². The maximum atomic E-state index is 13.9. The molecule has 31 heavy (non-hydrogen) atoms. The van der Waals surface area contributed by atoms with Crippen LogP contribution in [0.1, 0.15) is 24.4 Å². The molecule has 12 heteroatoms. The molecule has 1 atom stereocenters. The highest BCUT2D eigenvalue weighted by Gasteiger charge is 2.22. The molecule has 0 fully saturated rings. The van der Waals surface area contributed by atoms with Gasteiger partial charge in [0, 0.05) is 12.3 Å². The zero-order chi connectivity index (χ0) is 22.3. The van der Waals surface area contributed by atoms with Gasteiger partial charge in [-0.15, -0.1) is 0 Å². The molecule has 0 spiro atoms. The van der Waals surface area contributed by atoms with Crippen molar-refractivity contribution in [3.63, 3.8) is 0 Å². The fraction of sp³-hybridized carbons (Fsp3) is 0.105. The van der Waals surface area contributed by atoms with Gasteiger partial charge >= 0.3 is 0 Å². The van der Waals surface area contributed by atoms with Gasteiger partial charge in [-0.05, 0) is 25.1 Å². The molecule has 0 radical (unpaired) electrons. The number of nitrogens with one attached hydrogen (secondary N) is 1. The number of hydrogen-bond acceptors (Lipinski definition) is 7. The summed E-state index contributed by atoms with van der Waals surface area (Å²) in [4.78, 5) is 21.0. The maximum Gasteiger partial charge on any atom is 0.284 e. The summed E-state index contributed by atoms with van der Waals surface area (Å²) in [5.41, 5.74) is 5.24. The van der Waals surface area contributed by atoms with E-state index in [4.69, 9.17) is 17.3 Å². The van der Waals surface area contributed by atoms with Crippen molar-refractivity contribution in [2.24, 2.45) is 0 Å². The molecule has 1 aromatic carbocycles. The first-order valence-electron chi connectivity index (χ1n) is 8.84. The van der Waals surface area contributed by atoms with Gasteiger partial charge < -0.3 is 11.1 Å². The van der Waals surface area contributed by atoms with E-state index in [-0.39, 0.29) is 39.3 Å². The molecule has 0 aliphatic heterocycles. The van der Waals surface area contributed by atoms with Crippen molar-refractivity contribution in [3.8, 4) is 11.8 Å². The zero-order valence-corrected chi connectivity index (χ0v) is 16.6. The third-order valence-electron chi connectivity index (χ3n) is 4.55.